The number of aliphatic imine (C=N–C) groups is 1. The molecule has 0 spiro atoms. The van der Waals surface area contributed by atoms with E-state index in [1.54, 1.807) is 38.4 Å². The zero-order valence-electron chi connectivity index (χ0n) is 18.5. The number of amides is 2. The van der Waals surface area contributed by atoms with Crippen molar-refractivity contribution in [3.63, 3.8) is 0 Å². The summed E-state index contributed by atoms with van der Waals surface area (Å²) in [5, 5.41) is 6.46. The molecule has 0 radical (unpaired) electrons. The number of hydrogen-bond donors (Lipinski definition) is 2. The van der Waals surface area contributed by atoms with Crippen molar-refractivity contribution >= 4 is 47.4 Å². The van der Waals surface area contributed by atoms with Crippen LogP contribution in [0.25, 0.3) is 0 Å². The molecule has 0 aromatic heterocycles. The zero-order chi connectivity index (χ0) is 22.2. The Morgan fingerprint density at radius 2 is 1.72 bits per heavy atom. The van der Waals surface area contributed by atoms with Gasteiger partial charge in [0.1, 0.15) is 0 Å². The van der Waals surface area contributed by atoms with Gasteiger partial charge in [0.2, 0.25) is 0 Å². The first-order valence-electron chi connectivity index (χ1n) is 10.3. The van der Waals surface area contributed by atoms with Gasteiger partial charge in [0.25, 0.3) is 11.8 Å². The van der Waals surface area contributed by atoms with Crippen LogP contribution in [0, 0.1) is 0 Å². The van der Waals surface area contributed by atoms with E-state index in [1.807, 2.05) is 25.1 Å². The molecule has 2 amide bonds. The fourth-order valence-electron chi connectivity index (χ4n) is 3.38. The molecule has 0 saturated heterocycles. The van der Waals surface area contributed by atoms with E-state index in [9.17, 15) is 9.59 Å². The number of guanidine groups is 1. The lowest BCUT2D eigenvalue weighted by molar-refractivity contribution is 0.0652. The third-order valence-corrected chi connectivity index (χ3v) is 4.93. The van der Waals surface area contributed by atoms with Crippen molar-refractivity contribution in [1.82, 2.24) is 10.2 Å². The second kappa shape index (κ2) is 12.3. The summed E-state index contributed by atoms with van der Waals surface area (Å²) in [6.45, 7) is 3.51. The molecule has 3 rings (SSSR count). The van der Waals surface area contributed by atoms with Crippen LogP contribution in [0.3, 0.4) is 0 Å². The van der Waals surface area contributed by atoms with Gasteiger partial charge in [0, 0.05) is 31.9 Å². The summed E-state index contributed by atoms with van der Waals surface area (Å²) in [5.41, 5.74) is 1.80. The summed E-state index contributed by atoms with van der Waals surface area (Å²) >= 11 is 0. The van der Waals surface area contributed by atoms with Crippen molar-refractivity contribution in [2.45, 2.75) is 19.8 Å². The van der Waals surface area contributed by atoms with Gasteiger partial charge in [-0.05, 0) is 44.0 Å². The van der Waals surface area contributed by atoms with Crippen LogP contribution in [0.1, 0.15) is 40.5 Å². The summed E-state index contributed by atoms with van der Waals surface area (Å²) in [6.07, 6.45) is 1.48. The number of hydrogen-bond acceptors (Lipinski definition) is 5. The second-order valence-electron chi connectivity index (χ2n) is 6.94. The fraction of sp³-hybridized carbons (Fsp3) is 0.348. The maximum absolute atomic E-state index is 12.4. The molecular weight excluding hydrogens is 523 g/mol. The van der Waals surface area contributed by atoms with Gasteiger partial charge in [-0.3, -0.25) is 19.5 Å². The minimum Gasteiger partial charge on any atom is -0.493 e. The lowest BCUT2D eigenvalue weighted by Gasteiger charge is -2.16. The summed E-state index contributed by atoms with van der Waals surface area (Å²) < 4.78 is 10.9. The predicted octanol–water partition coefficient (Wildman–Crippen LogP) is 3.78. The molecular formula is C23H29IN4O4. The van der Waals surface area contributed by atoms with Gasteiger partial charge in [-0.1, -0.05) is 12.1 Å². The van der Waals surface area contributed by atoms with E-state index < -0.39 is 0 Å². The van der Waals surface area contributed by atoms with Crippen LogP contribution in [-0.2, 0) is 0 Å². The Morgan fingerprint density at radius 3 is 2.31 bits per heavy atom. The van der Waals surface area contributed by atoms with Crippen molar-refractivity contribution in [2.75, 3.05) is 39.2 Å². The zero-order valence-corrected chi connectivity index (χ0v) is 20.8. The number of methoxy groups -OCH3 is 1. The molecule has 0 aliphatic carbocycles. The summed E-state index contributed by atoms with van der Waals surface area (Å²) in [5.74, 6) is 1.52. The molecule has 172 valence electrons. The van der Waals surface area contributed by atoms with Gasteiger partial charge in [-0.15, -0.1) is 24.0 Å². The largest absolute Gasteiger partial charge is 0.493 e. The standard InChI is InChI=1S/C23H28N4O4.HI/c1-4-31-20-15-16(11-12-19(20)30-3)26-23(24-2)25-13-7-8-14-27-21(28)17-9-5-6-10-18(17)22(27)29;/h5-6,9-12,15H,4,7-8,13-14H2,1-3H3,(H2,24,25,26);1H. The predicted molar refractivity (Wildman–Crippen MR) is 136 cm³/mol. The quantitative estimate of drug-likeness (QED) is 0.162. The number of anilines is 1. The minimum absolute atomic E-state index is 0. The highest BCUT2D eigenvalue weighted by Crippen LogP contribution is 2.30. The number of halogens is 1. The van der Waals surface area contributed by atoms with Crippen molar-refractivity contribution in [2.24, 2.45) is 4.99 Å². The molecule has 1 aliphatic rings. The third kappa shape index (κ3) is 5.90. The van der Waals surface area contributed by atoms with E-state index in [-0.39, 0.29) is 35.8 Å². The van der Waals surface area contributed by atoms with Gasteiger partial charge >= 0.3 is 0 Å². The van der Waals surface area contributed by atoms with Crippen LogP contribution >= 0.6 is 24.0 Å². The number of fused-ring (bicyclic) bond motifs is 1. The van der Waals surface area contributed by atoms with Crippen LogP contribution < -0.4 is 20.1 Å². The van der Waals surface area contributed by atoms with E-state index in [2.05, 4.69) is 15.6 Å². The highest BCUT2D eigenvalue weighted by molar-refractivity contribution is 14.0. The Kier molecular flexibility index (Phi) is 9.76. The first kappa shape index (κ1) is 25.4. The molecule has 32 heavy (non-hydrogen) atoms. The molecule has 0 fully saturated rings. The second-order valence-corrected chi connectivity index (χ2v) is 6.94. The lowest BCUT2D eigenvalue weighted by atomic mass is 10.1. The van der Waals surface area contributed by atoms with Crippen LogP contribution in [-0.4, -0.2) is 56.5 Å². The number of carbonyl (C=O) groups excluding carboxylic acids is 2. The van der Waals surface area contributed by atoms with Crippen LogP contribution in [0.2, 0.25) is 0 Å². The van der Waals surface area contributed by atoms with Crippen LogP contribution in [0.4, 0.5) is 5.69 Å². The number of imide groups is 1. The molecule has 1 heterocycles. The molecule has 9 heteroatoms. The van der Waals surface area contributed by atoms with Crippen molar-refractivity contribution in [3.05, 3.63) is 53.6 Å². The van der Waals surface area contributed by atoms with Crippen LogP contribution in [0.5, 0.6) is 11.5 Å². The minimum atomic E-state index is -0.212. The smallest absolute Gasteiger partial charge is 0.261 e. The summed E-state index contributed by atoms with van der Waals surface area (Å²) in [4.78, 5) is 30.3. The molecule has 8 nitrogen and oxygen atoms in total. The molecule has 0 atom stereocenters. The Bertz CT molecular complexity index is 945. The number of unbranched alkanes of at least 4 members (excludes halogenated alkanes) is 1. The van der Waals surface area contributed by atoms with Crippen molar-refractivity contribution in [3.8, 4) is 11.5 Å². The molecule has 2 N–H and O–H groups in total. The Morgan fingerprint density at radius 1 is 1.03 bits per heavy atom. The van der Waals surface area contributed by atoms with Crippen molar-refractivity contribution < 1.29 is 19.1 Å². The topological polar surface area (TPSA) is 92.3 Å². The van der Waals surface area contributed by atoms with E-state index in [4.69, 9.17) is 9.47 Å². The number of nitrogens with one attached hydrogen (secondary N) is 2. The van der Waals surface area contributed by atoms with E-state index in [1.165, 1.54) is 4.90 Å². The van der Waals surface area contributed by atoms with Crippen LogP contribution in [0.15, 0.2) is 47.5 Å². The average molecular weight is 552 g/mol. The fourth-order valence-corrected chi connectivity index (χ4v) is 3.38. The molecule has 2 aromatic rings. The number of carbonyl (C=O) groups is 2. The van der Waals surface area contributed by atoms with E-state index in [0.29, 0.717) is 54.7 Å². The highest BCUT2D eigenvalue weighted by Gasteiger charge is 2.34. The lowest BCUT2D eigenvalue weighted by Crippen LogP contribution is -2.33. The third-order valence-electron chi connectivity index (χ3n) is 4.93. The van der Waals surface area contributed by atoms with Crippen molar-refractivity contribution in [1.29, 1.82) is 0 Å². The molecule has 0 unspecified atom stereocenters. The van der Waals surface area contributed by atoms with Gasteiger partial charge < -0.3 is 20.1 Å². The summed E-state index contributed by atoms with van der Waals surface area (Å²) in [7, 11) is 3.30. The molecule has 1 aliphatic heterocycles. The number of rotatable bonds is 9. The van der Waals surface area contributed by atoms with Gasteiger partial charge in [0.15, 0.2) is 17.5 Å². The Balaban J connectivity index is 0.00000363. The maximum atomic E-state index is 12.4. The molecule has 0 bridgehead atoms. The first-order valence-corrected chi connectivity index (χ1v) is 10.3. The van der Waals surface area contributed by atoms with E-state index >= 15 is 0 Å². The molecule has 0 saturated carbocycles. The highest BCUT2D eigenvalue weighted by atomic mass is 127. The Hall–Kier alpha value is -2.82. The van der Waals surface area contributed by atoms with Gasteiger partial charge in [-0.25, -0.2) is 0 Å². The van der Waals surface area contributed by atoms with Gasteiger partial charge in [0.05, 0.1) is 24.8 Å². The number of nitrogens with zero attached hydrogens (tertiary/aromatic N) is 2. The number of benzene rings is 2. The van der Waals surface area contributed by atoms with Gasteiger partial charge in [-0.2, -0.15) is 0 Å². The first-order chi connectivity index (χ1) is 15.1. The normalized spacial score (nSPS) is 12.8. The molecule has 2 aromatic carbocycles. The Labute approximate surface area is 205 Å². The van der Waals surface area contributed by atoms with E-state index in [0.717, 1.165) is 12.1 Å². The summed E-state index contributed by atoms with van der Waals surface area (Å²) in [6, 6.07) is 12.5. The SMILES string of the molecule is CCOc1cc(NC(=NC)NCCCCN2C(=O)c3ccccc3C2=O)ccc1OC.I. The maximum Gasteiger partial charge on any atom is 0.261 e. The number of ether oxygens (including phenoxy) is 2. The average Bonchev–Trinajstić information content (AvgIpc) is 3.03. The monoisotopic (exact) mass is 552 g/mol.